The van der Waals surface area contributed by atoms with Crippen LogP contribution < -0.4 is 15.6 Å². The van der Waals surface area contributed by atoms with E-state index in [1.807, 2.05) is 0 Å². The van der Waals surface area contributed by atoms with Crippen LogP contribution in [0.2, 0.25) is 5.02 Å². The zero-order valence-electron chi connectivity index (χ0n) is 15.6. The van der Waals surface area contributed by atoms with Gasteiger partial charge in [0.05, 0.1) is 29.1 Å². The van der Waals surface area contributed by atoms with E-state index in [4.69, 9.17) is 16.3 Å². The van der Waals surface area contributed by atoms with Crippen molar-refractivity contribution in [3.8, 4) is 11.4 Å². The second-order valence-corrected chi connectivity index (χ2v) is 6.81. The molecule has 0 saturated carbocycles. The topological polar surface area (TPSA) is 60.3 Å². The molecule has 0 aliphatic heterocycles. The molecular formula is C23H17ClN2O3. The van der Waals surface area contributed by atoms with E-state index in [-0.39, 0.29) is 11.5 Å². The van der Waals surface area contributed by atoms with E-state index in [9.17, 15) is 9.59 Å². The second-order valence-electron chi connectivity index (χ2n) is 6.40. The van der Waals surface area contributed by atoms with Gasteiger partial charge in [0.2, 0.25) is 0 Å². The van der Waals surface area contributed by atoms with Gasteiger partial charge < -0.3 is 10.1 Å². The zero-order valence-corrected chi connectivity index (χ0v) is 16.3. The Bertz CT molecular complexity index is 1280. The smallest absolute Gasteiger partial charge is 0.262 e. The van der Waals surface area contributed by atoms with Crippen molar-refractivity contribution in [2.75, 3.05) is 12.4 Å². The van der Waals surface area contributed by atoms with Gasteiger partial charge in [0, 0.05) is 23.0 Å². The first-order valence-electron chi connectivity index (χ1n) is 8.93. The number of amides is 1. The fraction of sp³-hybridized carbons (Fsp3) is 0.0435. The number of aromatic nitrogens is 1. The molecule has 1 N–H and O–H groups in total. The van der Waals surface area contributed by atoms with Gasteiger partial charge in [-0.3, -0.25) is 14.2 Å². The fourth-order valence-corrected chi connectivity index (χ4v) is 3.36. The number of carbonyl (C=O) groups is 1. The summed E-state index contributed by atoms with van der Waals surface area (Å²) in [4.78, 5) is 26.2. The number of anilines is 1. The minimum atomic E-state index is -0.356. The predicted molar refractivity (Wildman–Crippen MR) is 116 cm³/mol. The van der Waals surface area contributed by atoms with Crippen LogP contribution in [-0.2, 0) is 0 Å². The minimum absolute atomic E-state index is 0.219. The fourth-order valence-electron chi connectivity index (χ4n) is 3.18. The predicted octanol–water partition coefficient (Wildman–Crippen LogP) is 4.91. The summed E-state index contributed by atoms with van der Waals surface area (Å²) >= 11 is 6.18. The molecule has 0 aliphatic carbocycles. The molecule has 1 amide bonds. The van der Waals surface area contributed by atoms with Crippen LogP contribution in [0.1, 0.15) is 10.4 Å². The molecule has 3 aromatic carbocycles. The van der Waals surface area contributed by atoms with Gasteiger partial charge in [-0.1, -0.05) is 48.0 Å². The summed E-state index contributed by atoms with van der Waals surface area (Å²) < 4.78 is 6.72. The average molecular weight is 405 g/mol. The quantitative estimate of drug-likeness (QED) is 0.526. The number of benzene rings is 3. The van der Waals surface area contributed by atoms with Crippen LogP contribution in [0, 0.1) is 0 Å². The number of nitrogens with one attached hydrogen (secondary N) is 1. The molecule has 0 saturated heterocycles. The molecule has 6 heteroatoms. The first-order valence-corrected chi connectivity index (χ1v) is 9.31. The number of nitrogens with zero attached hydrogens (tertiary/aromatic N) is 1. The maximum atomic E-state index is 13.1. The molecule has 4 aromatic rings. The summed E-state index contributed by atoms with van der Waals surface area (Å²) in [5.74, 6) is 0.260. The summed E-state index contributed by atoms with van der Waals surface area (Å²) in [7, 11) is 1.56. The lowest BCUT2D eigenvalue weighted by molar-refractivity contribution is 0.102. The van der Waals surface area contributed by atoms with Gasteiger partial charge in [-0.15, -0.1) is 0 Å². The van der Waals surface area contributed by atoms with E-state index in [1.54, 1.807) is 86.1 Å². The Hall–Kier alpha value is -3.57. The Morgan fingerprint density at radius 3 is 2.45 bits per heavy atom. The van der Waals surface area contributed by atoms with E-state index < -0.39 is 0 Å². The number of ether oxygens (including phenoxy) is 1. The molecule has 0 atom stereocenters. The van der Waals surface area contributed by atoms with Crippen molar-refractivity contribution in [3.05, 3.63) is 99.9 Å². The van der Waals surface area contributed by atoms with Crippen LogP contribution in [0.5, 0.6) is 5.75 Å². The number of fused-ring (bicyclic) bond motifs is 1. The first-order chi connectivity index (χ1) is 14.1. The zero-order chi connectivity index (χ0) is 20.4. The first kappa shape index (κ1) is 18.8. The number of pyridine rings is 1. The number of hydrogen-bond acceptors (Lipinski definition) is 3. The van der Waals surface area contributed by atoms with Gasteiger partial charge in [0.1, 0.15) is 5.75 Å². The largest absolute Gasteiger partial charge is 0.497 e. The molecule has 0 aliphatic rings. The molecule has 0 bridgehead atoms. The standard InChI is InChI=1S/C23H17ClN2O3/c1-29-16-8-6-7-15(13-16)26-14-19(17-9-2-3-10-18(17)23(26)28)22(27)25-21-12-5-4-11-20(21)24/h2-14H,1H3,(H,25,27). The van der Waals surface area contributed by atoms with Gasteiger partial charge in [-0.05, 0) is 30.3 Å². The number of hydrogen-bond donors (Lipinski definition) is 1. The third-order valence-corrected chi connectivity index (χ3v) is 4.95. The molecule has 5 nitrogen and oxygen atoms in total. The Kier molecular flexibility index (Phi) is 5.06. The van der Waals surface area contributed by atoms with Crippen molar-refractivity contribution < 1.29 is 9.53 Å². The Labute approximate surface area is 172 Å². The third-order valence-electron chi connectivity index (χ3n) is 4.62. The highest BCUT2D eigenvalue weighted by atomic mass is 35.5. The van der Waals surface area contributed by atoms with Crippen LogP contribution in [0.25, 0.3) is 16.5 Å². The van der Waals surface area contributed by atoms with Gasteiger partial charge >= 0.3 is 0 Å². The molecule has 144 valence electrons. The molecule has 0 unspecified atom stereocenters. The summed E-state index contributed by atoms with van der Waals surface area (Å²) in [6, 6.07) is 21.1. The summed E-state index contributed by atoms with van der Waals surface area (Å²) in [5.41, 5.74) is 1.25. The summed E-state index contributed by atoms with van der Waals surface area (Å²) in [5, 5.41) is 4.28. The van der Waals surface area contributed by atoms with E-state index in [1.165, 1.54) is 4.57 Å². The molecule has 1 aromatic heterocycles. The minimum Gasteiger partial charge on any atom is -0.497 e. The maximum Gasteiger partial charge on any atom is 0.262 e. The number of carbonyl (C=O) groups excluding carboxylic acids is 1. The molecule has 0 spiro atoms. The van der Waals surface area contributed by atoms with Crippen LogP contribution >= 0.6 is 11.6 Å². The van der Waals surface area contributed by atoms with Crippen LogP contribution in [0.3, 0.4) is 0 Å². The van der Waals surface area contributed by atoms with E-state index in [0.29, 0.717) is 38.5 Å². The van der Waals surface area contributed by atoms with Crippen molar-refractivity contribution >= 4 is 34.0 Å². The van der Waals surface area contributed by atoms with E-state index >= 15 is 0 Å². The SMILES string of the molecule is COc1cccc(-n2cc(C(=O)Nc3ccccc3Cl)c3ccccc3c2=O)c1. The molecule has 29 heavy (non-hydrogen) atoms. The highest BCUT2D eigenvalue weighted by Crippen LogP contribution is 2.24. The number of methoxy groups -OCH3 is 1. The van der Waals surface area contributed by atoms with Gasteiger partial charge in [0.15, 0.2) is 0 Å². The van der Waals surface area contributed by atoms with Crippen molar-refractivity contribution in [1.29, 1.82) is 0 Å². The Morgan fingerprint density at radius 1 is 0.966 bits per heavy atom. The molecule has 0 fully saturated rings. The second kappa shape index (κ2) is 7.81. The lowest BCUT2D eigenvalue weighted by Crippen LogP contribution is -2.22. The maximum absolute atomic E-state index is 13.1. The number of halogens is 1. The van der Waals surface area contributed by atoms with Crippen LogP contribution in [0.4, 0.5) is 5.69 Å². The van der Waals surface area contributed by atoms with Crippen LogP contribution in [0.15, 0.2) is 83.8 Å². The molecule has 4 rings (SSSR count). The monoisotopic (exact) mass is 404 g/mol. The average Bonchev–Trinajstić information content (AvgIpc) is 2.76. The lowest BCUT2D eigenvalue weighted by Gasteiger charge is -2.14. The highest BCUT2D eigenvalue weighted by molar-refractivity contribution is 6.34. The molecular weight excluding hydrogens is 388 g/mol. The van der Waals surface area contributed by atoms with Gasteiger partial charge in [-0.2, -0.15) is 0 Å². The van der Waals surface area contributed by atoms with Crippen molar-refractivity contribution in [3.63, 3.8) is 0 Å². The van der Waals surface area contributed by atoms with Crippen molar-refractivity contribution in [1.82, 2.24) is 4.57 Å². The Morgan fingerprint density at radius 2 is 1.69 bits per heavy atom. The third kappa shape index (κ3) is 3.60. The van der Waals surface area contributed by atoms with Crippen molar-refractivity contribution in [2.24, 2.45) is 0 Å². The van der Waals surface area contributed by atoms with Crippen molar-refractivity contribution in [2.45, 2.75) is 0 Å². The van der Waals surface area contributed by atoms with E-state index in [2.05, 4.69) is 5.32 Å². The highest BCUT2D eigenvalue weighted by Gasteiger charge is 2.16. The molecule has 1 heterocycles. The Balaban J connectivity index is 1.89. The number of rotatable bonds is 4. The van der Waals surface area contributed by atoms with E-state index in [0.717, 1.165) is 0 Å². The lowest BCUT2D eigenvalue weighted by atomic mass is 10.1. The molecule has 0 radical (unpaired) electrons. The summed E-state index contributed by atoms with van der Waals surface area (Å²) in [6.45, 7) is 0. The number of para-hydroxylation sites is 1. The summed E-state index contributed by atoms with van der Waals surface area (Å²) in [6.07, 6.45) is 1.55. The van der Waals surface area contributed by atoms with Crippen LogP contribution in [-0.4, -0.2) is 17.6 Å². The normalized spacial score (nSPS) is 10.7. The van der Waals surface area contributed by atoms with Gasteiger partial charge in [-0.25, -0.2) is 0 Å². The van der Waals surface area contributed by atoms with Gasteiger partial charge in [0.25, 0.3) is 11.5 Å².